The number of carbonyl (C=O) groups excluding carboxylic acids is 1. The lowest BCUT2D eigenvalue weighted by Gasteiger charge is -2.41. The molecule has 0 spiro atoms. The molecule has 0 amide bonds. The molecule has 1 aromatic rings. The molecule has 1 heterocycles. The van der Waals surface area contributed by atoms with Crippen LogP contribution in [0.1, 0.15) is 39.0 Å². The van der Waals surface area contributed by atoms with Crippen LogP contribution in [0.4, 0.5) is 10.2 Å². The van der Waals surface area contributed by atoms with Crippen LogP contribution in [0.5, 0.6) is 0 Å². The first-order valence-electron chi connectivity index (χ1n) is 7.87. The summed E-state index contributed by atoms with van der Waals surface area (Å²) in [5, 5.41) is 0.503. The van der Waals surface area contributed by atoms with Gasteiger partial charge < -0.3 is 4.84 Å². The van der Waals surface area contributed by atoms with Gasteiger partial charge >= 0.3 is 5.97 Å². The summed E-state index contributed by atoms with van der Waals surface area (Å²) in [6.07, 6.45) is 5.37. The van der Waals surface area contributed by atoms with Crippen LogP contribution in [0, 0.1) is 23.6 Å². The zero-order chi connectivity index (χ0) is 16.6. The van der Waals surface area contributed by atoms with E-state index in [9.17, 15) is 9.18 Å². The topological polar surface area (TPSA) is 55.3 Å². The average Bonchev–Trinajstić information content (AvgIpc) is 2.57. The fourth-order valence-electron chi connectivity index (χ4n) is 3.65. The number of hydroxylamine groups is 1. The number of halogens is 3. The Balaban J connectivity index is 1.76. The molecule has 0 N–H and O–H groups in total. The van der Waals surface area contributed by atoms with E-state index in [1.165, 1.54) is 12.8 Å². The van der Waals surface area contributed by atoms with Crippen LogP contribution >= 0.6 is 23.2 Å². The smallest absolute Gasteiger partial charge is 0.335 e. The molecule has 5 nitrogen and oxygen atoms in total. The van der Waals surface area contributed by atoms with E-state index in [0.717, 1.165) is 24.3 Å². The van der Waals surface area contributed by atoms with E-state index in [1.807, 2.05) is 0 Å². The van der Waals surface area contributed by atoms with Crippen molar-refractivity contribution in [1.82, 2.24) is 9.97 Å². The quantitative estimate of drug-likeness (QED) is 0.460. The molecule has 2 bridgehead atoms. The van der Waals surface area contributed by atoms with Gasteiger partial charge in [0.15, 0.2) is 5.15 Å². The summed E-state index contributed by atoms with van der Waals surface area (Å²) < 4.78 is 14.1. The second-order valence-electron chi connectivity index (χ2n) is 6.15. The van der Waals surface area contributed by atoms with Crippen molar-refractivity contribution in [2.75, 3.05) is 11.6 Å². The molecule has 3 aliphatic rings. The molecule has 0 aliphatic heterocycles. The summed E-state index contributed by atoms with van der Waals surface area (Å²) in [5.41, 5.74) is 0. The van der Waals surface area contributed by atoms with Gasteiger partial charge in [0.2, 0.25) is 16.9 Å². The number of rotatable bonds is 4. The number of aromatic nitrogens is 2. The molecule has 3 aliphatic carbocycles. The van der Waals surface area contributed by atoms with E-state index in [1.54, 1.807) is 6.92 Å². The predicted molar refractivity (Wildman–Crippen MR) is 84.7 cm³/mol. The highest BCUT2D eigenvalue weighted by Gasteiger charge is 2.41. The maximum Gasteiger partial charge on any atom is 0.335 e. The minimum atomic E-state index is -0.851. The maximum atomic E-state index is 14.1. The molecule has 1 unspecified atom stereocenters. The Labute approximate surface area is 144 Å². The molecule has 23 heavy (non-hydrogen) atoms. The Morgan fingerprint density at radius 2 is 2.00 bits per heavy atom. The minimum Gasteiger partial charge on any atom is -0.339 e. The lowest BCUT2D eigenvalue weighted by atomic mass is 9.65. The highest BCUT2D eigenvalue weighted by molar-refractivity contribution is 6.32. The second-order valence-corrected chi connectivity index (χ2v) is 6.85. The van der Waals surface area contributed by atoms with Crippen molar-refractivity contribution in [3.05, 3.63) is 16.3 Å². The largest absolute Gasteiger partial charge is 0.339 e. The van der Waals surface area contributed by atoms with Gasteiger partial charge in [0.05, 0.1) is 12.5 Å². The summed E-state index contributed by atoms with van der Waals surface area (Å²) >= 11 is 11.4. The van der Waals surface area contributed by atoms with Gasteiger partial charge in [-0.2, -0.15) is 14.4 Å². The Hall–Kier alpha value is -1.14. The Kier molecular flexibility index (Phi) is 4.92. The maximum absolute atomic E-state index is 14.1. The zero-order valence-corrected chi connectivity index (χ0v) is 14.3. The van der Waals surface area contributed by atoms with Crippen molar-refractivity contribution in [2.24, 2.45) is 17.8 Å². The number of nitrogens with zero attached hydrogens (tertiary/aromatic N) is 3. The molecular formula is C15H18Cl2FN3O2. The lowest BCUT2D eigenvalue weighted by Crippen LogP contribution is -2.40. The van der Waals surface area contributed by atoms with Crippen molar-refractivity contribution in [3.8, 4) is 0 Å². The molecule has 1 aromatic heterocycles. The molecule has 0 saturated heterocycles. The molecule has 4 rings (SSSR count). The number of anilines is 1. The van der Waals surface area contributed by atoms with Crippen molar-refractivity contribution in [1.29, 1.82) is 0 Å². The third-order valence-corrected chi connectivity index (χ3v) is 5.26. The molecule has 1 atom stereocenters. The zero-order valence-electron chi connectivity index (χ0n) is 12.8. The standard InChI is InChI=1S/C15H18Cl2FN3O2/c1-2-21(13-11(18)12(16)19-15(17)20-13)23-14(22)10-7-8-3-5-9(10)6-4-8/h8-10H,2-7H2,1H3. The predicted octanol–water partition coefficient (Wildman–Crippen LogP) is 4.03. The summed E-state index contributed by atoms with van der Waals surface area (Å²) in [5.74, 6) is -0.539. The average molecular weight is 362 g/mol. The number of fused-ring (bicyclic) bond motifs is 3. The molecule has 3 fully saturated rings. The third-order valence-electron chi connectivity index (χ3n) is 4.84. The fraction of sp³-hybridized carbons (Fsp3) is 0.667. The van der Waals surface area contributed by atoms with Gasteiger partial charge in [-0.25, -0.2) is 9.78 Å². The van der Waals surface area contributed by atoms with Crippen LogP contribution in [0.25, 0.3) is 0 Å². The van der Waals surface area contributed by atoms with Gasteiger partial charge in [-0.05, 0) is 49.6 Å². The van der Waals surface area contributed by atoms with E-state index in [0.29, 0.717) is 11.8 Å². The molecule has 0 aromatic carbocycles. The Morgan fingerprint density at radius 1 is 1.30 bits per heavy atom. The van der Waals surface area contributed by atoms with Gasteiger partial charge in [-0.15, -0.1) is 0 Å². The molecule has 126 valence electrons. The summed E-state index contributed by atoms with van der Waals surface area (Å²) in [6.45, 7) is 1.96. The first-order chi connectivity index (χ1) is 11.0. The monoisotopic (exact) mass is 361 g/mol. The fourth-order valence-corrected chi connectivity index (χ4v) is 4.02. The van der Waals surface area contributed by atoms with Crippen LogP contribution in [-0.2, 0) is 9.63 Å². The van der Waals surface area contributed by atoms with Gasteiger partial charge in [0.1, 0.15) is 0 Å². The van der Waals surface area contributed by atoms with Crippen LogP contribution < -0.4 is 5.06 Å². The van der Waals surface area contributed by atoms with Gasteiger partial charge in [0, 0.05) is 0 Å². The van der Waals surface area contributed by atoms with Gasteiger partial charge in [-0.3, -0.25) is 0 Å². The van der Waals surface area contributed by atoms with Crippen LogP contribution in [0.15, 0.2) is 0 Å². The molecule has 8 heteroatoms. The normalized spacial score (nSPS) is 26.2. The van der Waals surface area contributed by atoms with Crippen molar-refractivity contribution < 1.29 is 14.0 Å². The van der Waals surface area contributed by atoms with E-state index in [2.05, 4.69) is 9.97 Å². The van der Waals surface area contributed by atoms with E-state index >= 15 is 0 Å². The number of hydrogen-bond acceptors (Lipinski definition) is 5. The highest BCUT2D eigenvalue weighted by atomic mass is 35.5. The highest BCUT2D eigenvalue weighted by Crippen LogP contribution is 2.45. The SMILES string of the molecule is CCN(OC(=O)C1CC2CCC1CC2)c1nc(Cl)nc(Cl)c1F. The Morgan fingerprint density at radius 3 is 2.57 bits per heavy atom. The van der Waals surface area contributed by atoms with E-state index in [4.69, 9.17) is 28.0 Å². The Bertz CT molecular complexity index is 609. The van der Waals surface area contributed by atoms with Gasteiger partial charge in [-0.1, -0.05) is 24.4 Å². The number of carbonyl (C=O) groups is 1. The first-order valence-corrected chi connectivity index (χ1v) is 8.63. The summed E-state index contributed by atoms with van der Waals surface area (Å²) in [4.78, 5) is 25.3. The minimum absolute atomic E-state index is 0.118. The van der Waals surface area contributed by atoms with Crippen molar-refractivity contribution in [3.63, 3.8) is 0 Å². The van der Waals surface area contributed by atoms with Gasteiger partial charge in [0.25, 0.3) is 0 Å². The molecule has 3 saturated carbocycles. The van der Waals surface area contributed by atoms with Crippen molar-refractivity contribution in [2.45, 2.75) is 39.0 Å². The second kappa shape index (κ2) is 6.77. The van der Waals surface area contributed by atoms with Crippen LogP contribution in [0.3, 0.4) is 0 Å². The third kappa shape index (κ3) is 3.38. The van der Waals surface area contributed by atoms with Crippen LogP contribution in [0.2, 0.25) is 10.4 Å². The molecular weight excluding hydrogens is 344 g/mol. The number of hydrogen-bond donors (Lipinski definition) is 0. The van der Waals surface area contributed by atoms with E-state index < -0.39 is 11.0 Å². The van der Waals surface area contributed by atoms with Crippen LogP contribution in [-0.4, -0.2) is 22.5 Å². The van der Waals surface area contributed by atoms with Crippen molar-refractivity contribution >= 4 is 35.0 Å². The summed E-state index contributed by atoms with van der Waals surface area (Å²) in [6, 6.07) is 0. The van der Waals surface area contributed by atoms with E-state index in [-0.39, 0.29) is 29.5 Å². The summed E-state index contributed by atoms with van der Waals surface area (Å²) in [7, 11) is 0. The first kappa shape index (κ1) is 16.7. The lowest BCUT2D eigenvalue weighted by molar-refractivity contribution is -0.156. The molecule has 0 radical (unpaired) electrons.